The van der Waals surface area contributed by atoms with Gasteiger partial charge in [-0.15, -0.1) is 0 Å². The number of hydrogen-bond donors (Lipinski definition) is 2. The molecule has 43 heavy (non-hydrogen) atoms. The molecule has 1 fully saturated rings. The molecular formula is C33H28O8S2. The Morgan fingerprint density at radius 2 is 1.42 bits per heavy atom. The molecule has 1 aliphatic heterocycles. The summed E-state index contributed by atoms with van der Waals surface area (Å²) in [6, 6.07) is 19.2. The fourth-order valence-electron chi connectivity index (χ4n) is 5.40. The number of benzene rings is 3. The molecule has 3 aromatic carbocycles. The summed E-state index contributed by atoms with van der Waals surface area (Å²) in [5, 5.41) is 23.8. The van der Waals surface area contributed by atoms with Gasteiger partial charge in [0.05, 0.1) is 27.8 Å². The minimum atomic E-state index is -1.27. The van der Waals surface area contributed by atoms with Crippen molar-refractivity contribution >= 4 is 49.5 Å². The van der Waals surface area contributed by atoms with Crippen molar-refractivity contribution in [3.05, 3.63) is 110 Å². The number of hydrogen-bond acceptors (Lipinski definition) is 10. The number of para-hydroxylation sites is 2. The molecule has 6 rings (SSSR count). The van der Waals surface area contributed by atoms with Crippen LogP contribution in [0.4, 0.5) is 0 Å². The Morgan fingerprint density at radius 1 is 0.837 bits per heavy atom. The highest BCUT2D eigenvalue weighted by Gasteiger charge is 2.32. The summed E-state index contributed by atoms with van der Waals surface area (Å²) < 4.78 is 16.6. The second-order valence-corrected chi connectivity index (χ2v) is 13.1. The third-order valence-electron chi connectivity index (χ3n) is 7.55. The lowest BCUT2D eigenvalue weighted by atomic mass is 9.84. The zero-order valence-electron chi connectivity index (χ0n) is 23.0. The van der Waals surface area contributed by atoms with Crippen molar-refractivity contribution < 1.29 is 28.6 Å². The molecule has 0 bridgehead atoms. The average Bonchev–Trinajstić information content (AvgIpc) is 3.53. The molecule has 1 aliphatic rings. The van der Waals surface area contributed by atoms with Gasteiger partial charge < -0.3 is 23.8 Å². The molecule has 5 aromatic rings. The van der Waals surface area contributed by atoms with Crippen LogP contribution in [0.3, 0.4) is 0 Å². The van der Waals surface area contributed by atoms with Gasteiger partial charge in [-0.2, -0.15) is 0 Å². The first-order valence-corrected chi connectivity index (χ1v) is 16.4. The zero-order chi connectivity index (χ0) is 29.9. The van der Waals surface area contributed by atoms with Crippen LogP contribution in [0.2, 0.25) is 0 Å². The first-order valence-electron chi connectivity index (χ1n) is 14.0. The molecule has 2 aromatic heterocycles. The molecule has 0 spiro atoms. The first kappa shape index (κ1) is 28.9. The molecular weight excluding hydrogens is 588 g/mol. The molecule has 1 atom stereocenters. The molecule has 220 valence electrons. The highest BCUT2D eigenvalue weighted by Crippen LogP contribution is 2.42. The van der Waals surface area contributed by atoms with Crippen molar-refractivity contribution in [2.45, 2.75) is 43.3 Å². The van der Waals surface area contributed by atoms with Crippen molar-refractivity contribution in [3.8, 4) is 17.2 Å². The van der Waals surface area contributed by atoms with E-state index in [4.69, 9.17) is 13.6 Å². The SMILES string of the molecule is O=C(CCCCC1CCSS1)Oc1ccc(C(c2c(O)c3ccccc3oc2=O)c2c(O)c3ccccc3oc2=O)cc1. The maximum absolute atomic E-state index is 13.3. The number of esters is 1. The summed E-state index contributed by atoms with van der Waals surface area (Å²) >= 11 is 0. The van der Waals surface area contributed by atoms with Crippen LogP contribution in [0.15, 0.2) is 91.2 Å². The zero-order valence-corrected chi connectivity index (χ0v) is 24.6. The third kappa shape index (κ3) is 6.03. The molecule has 3 heterocycles. The van der Waals surface area contributed by atoms with Crippen LogP contribution in [0.25, 0.3) is 21.9 Å². The van der Waals surface area contributed by atoms with Crippen LogP contribution in [0.1, 0.15) is 54.7 Å². The summed E-state index contributed by atoms with van der Waals surface area (Å²) in [7, 11) is 3.83. The van der Waals surface area contributed by atoms with Crippen LogP contribution >= 0.6 is 21.6 Å². The highest BCUT2D eigenvalue weighted by molar-refractivity contribution is 8.77. The van der Waals surface area contributed by atoms with E-state index >= 15 is 0 Å². The fourth-order valence-corrected chi connectivity index (χ4v) is 8.43. The Labute approximate surface area is 254 Å². The van der Waals surface area contributed by atoms with Crippen molar-refractivity contribution in [2.24, 2.45) is 0 Å². The van der Waals surface area contributed by atoms with E-state index in [0.717, 1.165) is 19.3 Å². The lowest BCUT2D eigenvalue weighted by molar-refractivity contribution is -0.134. The molecule has 8 nitrogen and oxygen atoms in total. The predicted octanol–water partition coefficient (Wildman–Crippen LogP) is 7.11. The topological polar surface area (TPSA) is 127 Å². The molecule has 0 radical (unpaired) electrons. The van der Waals surface area contributed by atoms with E-state index < -0.39 is 17.2 Å². The lowest BCUT2D eigenvalue weighted by Gasteiger charge is -2.20. The maximum Gasteiger partial charge on any atom is 0.344 e. The average molecular weight is 617 g/mol. The summed E-state index contributed by atoms with van der Waals surface area (Å²) in [5.41, 5.74) is -1.52. The largest absolute Gasteiger partial charge is 0.507 e. The number of carbonyl (C=O) groups excluding carboxylic acids is 1. The van der Waals surface area contributed by atoms with Crippen molar-refractivity contribution in [1.29, 1.82) is 0 Å². The Kier molecular flexibility index (Phi) is 8.49. The number of aromatic hydroxyl groups is 2. The number of unbranched alkanes of at least 4 members (excludes halogenated alkanes) is 1. The normalized spacial score (nSPS) is 15.0. The van der Waals surface area contributed by atoms with E-state index in [1.165, 1.54) is 12.2 Å². The van der Waals surface area contributed by atoms with E-state index in [1.807, 2.05) is 21.6 Å². The maximum atomic E-state index is 13.3. The van der Waals surface area contributed by atoms with E-state index in [1.54, 1.807) is 72.8 Å². The number of fused-ring (bicyclic) bond motifs is 2. The minimum Gasteiger partial charge on any atom is -0.507 e. The summed E-state index contributed by atoms with van der Waals surface area (Å²) in [4.78, 5) is 39.2. The summed E-state index contributed by atoms with van der Waals surface area (Å²) in [6.07, 6.45) is 4.31. The van der Waals surface area contributed by atoms with E-state index in [0.29, 0.717) is 23.0 Å². The quantitative estimate of drug-likeness (QED) is 0.0581. The van der Waals surface area contributed by atoms with Crippen LogP contribution in [0.5, 0.6) is 17.2 Å². The Balaban J connectivity index is 1.34. The molecule has 2 N–H and O–H groups in total. The standard InChI is InChI=1S/C33H28O8S2/c34-26(12-6-1-7-21-17-18-42-43-21)39-20-15-13-19(14-16-20)27(28-30(35)22-8-2-4-10-24(22)40-32(28)37)29-31(36)23-9-3-5-11-25(23)41-33(29)38/h2-5,8-11,13-16,21,27,35-36H,1,6-7,12,17-18H2. The van der Waals surface area contributed by atoms with E-state index in [2.05, 4.69) is 0 Å². The molecule has 10 heteroatoms. The number of rotatable bonds is 9. The third-order valence-corrected chi connectivity index (χ3v) is 10.6. The van der Waals surface area contributed by atoms with E-state index in [9.17, 15) is 24.6 Å². The van der Waals surface area contributed by atoms with Gasteiger partial charge in [-0.05, 0) is 61.2 Å². The number of carbonyl (C=O) groups is 1. The highest BCUT2D eigenvalue weighted by atomic mass is 33.1. The van der Waals surface area contributed by atoms with Crippen molar-refractivity contribution in [3.63, 3.8) is 0 Å². The van der Waals surface area contributed by atoms with Gasteiger partial charge in [0, 0.05) is 17.4 Å². The molecule has 1 saturated heterocycles. The smallest absolute Gasteiger partial charge is 0.344 e. The van der Waals surface area contributed by atoms with Gasteiger partial charge in [-0.25, -0.2) is 9.59 Å². The van der Waals surface area contributed by atoms with Gasteiger partial charge in [0.2, 0.25) is 0 Å². The van der Waals surface area contributed by atoms with Gasteiger partial charge >= 0.3 is 17.2 Å². The van der Waals surface area contributed by atoms with E-state index in [-0.39, 0.29) is 50.5 Å². The van der Waals surface area contributed by atoms with Gasteiger partial charge in [-0.3, -0.25) is 4.79 Å². The number of ether oxygens (including phenoxy) is 1. The van der Waals surface area contributed by atoms with Gasteiger partial charge in [0.15, 0.2) is 0 Å². The summed E-state index contributed by atoms with van der Waals surface area (Å²) in [6.45, 7) is 0. The van der Waals surface area contributed by atoms with Crippen LogP contribution in [-0.4, -0.2) is 27.2 Å². The second-order valence-electron chi connectivity index (χ2n) is 10.3. The molecule has 0 saturated carbocycles. The lowest BCUT2D eigenvalue weighted by Crippen LogP contribution is -2.21. The fraction of sp³-hybridized carbons (Fsp3) is 0.242. The van der Waals surface area contributed by atoms with Crippen LogP contribution in [-0.2, 0) is 4.79 Å². The van der Waals surface area contributed by atoms with Crippen molar-refractivity contribution in [1.82, 2.24) is 0 Å². The predicted molar refractivity (Wildman–Crippen MR) is 168 cm³/mol. The Bertz CT molecular complexity index is 1810. The van der Waals surface area contributed by atoms with Gasteiger partial charge in [-0.1, -0.05) is 64.4 Å². The van der Waals surface area contributed by atoms with Gasteiger partial charge in [0.25, 0.3) is 0 Å². The summed E-state index contributed by atoms with van der Waals surface area (Å²) in [5.74, 6) is -0.899. The minimum absolute atomic E-state index is 0.172. The Hall–Kier alpha value is -4.15. The van der Waals surface area contributed by atoms with Crippen molar-refractivity contribution in [2.75, 3.05) is 5.75 Å². The molecule has 1 unspecified atom stereocenters. The van der Waals surface area contributed by atoms with Crippen LogP contribution < -0.4 is 16.0 Å². The van der Waals surface area contributed by atoms with Crippen LogP contribution in [0, 0.1) is 0 Å². The Morgan fingerprint density at radius 3 is 1.98 bits per heavy atom. The second kappa shape index (κ2) is 12.6. The first-order chi connectivity index (χ1) is 20.9. The molecule has 0 aliphatic carbocycles. The van der Waals surface area contributed by atoms with Gasteiger partial charge in [0.1, 0.15) is 28.4 Å². The molecule has 0 amide bonds. The monoisotopic (exact) mass is 616 g/mol.